The number of carboxylic acids is 1. The molecule has 19 heavy (non-hydrogen) atoms. The highest BCUT2D eigenvalue weighted by molar-refractivity contribution is 7.15. The molecule has 6 nitrogen and oxygen atoms in total. The summed E-state index contributed by atoms with van der Waals surface area (Å²) in [6, 6.07) is 0. The molecule has 0 saturated carbocycles. The van der Waals surface area contributed by atoms with E-state index in [1.54, 1.807) is 14.2 Å². The van der Waals surface area contributed by atoms with E-state index in [9.17, 15) is 4.79 Å². The summed E-state index contributed by atoms with van der Waals surface area (Å²) in [5.41, 5.74) is 0.723. The van der Waals surface area contributed by atoms with Crippen LogP contribution < -0.4 is 5.32 Å². The van der Waals surface area contributed by atoms with Gasteiger partial charge in [0.15, 0.2) is 5.13 Å². The molecule has 0 bridgehead atoms. The Hall–Kier alpha value is -1.18. The van der Waals surface area contributed by atoms with Crippen LogP contribution in [0.1, 0.15) is 22.9 Å². The fraction of sp³-hybridized carbons (Fsp3) is 0.667. The number of ether oxygens (including phenoxy) is 2. The van der Waals surface area contributed by atoms with Crippen LogP contribution in [0.25, 0.3) is 0 Å². The van der Waals surface area contributed by atoms with E-state index >= 15 is 0 Å². The Bertz CT molecular complexity index is 449. The number of carbonyl (C=O) groups is 1. The zero-order valence-electron chi connectivity index (χ0n) is 11.0. The minimum atomic E-state index is -0.787. The van der Waals surface area contributed by atoms with E-state index < -0.39 is 11.9 Å². The summed E-state index contributed by atoms with van der Waals surface area (Å²) < 4.78 is 10.3. The maximum Gasteiger partial charge on any atom is 0.312 e. The first-order valence-corrected chi connectivity index (χ1v) is 6.95. The number of nitrogens with one attached hydrogen (secondary N) is 1. The molecule has 106 valence electrons. The van der Waals surface area contributed by atoms with E-state index in [-0.39, 0.29) is 6.10 Å². The predicted octanol–water partition coefficient (Wildman–Crippen LogP) is 1.33. The lowest BCUT2D eigenvalue weighted by Gasteiger charge is -2.14. The van der Waals surface area contributed by atoms with Gasteiger partial charge >= 0.3 is 5.97 Å². The average molecular weight is 286 g/mol. The second-order valence-corrected chi connectivity index (χ2v) is 5.53. The van der Waals surface area contributed by atoms with Gasteiger partial charge in [0.2, 0.25) is 0 Å². The van der Waals surface area contributed by atoms with Gasteiger partial charge in [-0.2, -0.15) is 0 Å². The Morgan fingerprint density at radius 2 is 2.42 bits per heavy atom. The zero-order chi connectivity index (χ0) is 13.8. The van der Waals surface area contributed by atoms with Gasteiger partial charge in [0.1, 0.15) is 5.92 Å². The van der Waals surface area contributed by atoms with Crippen LogP contribution in [0.2, 0.25) is 0 Å². The Morgan fingerprint density at radius 3 is 3.05 bits per heavy atom. The van der Waals surface area contributed by atoms with E-state index in [1.807, 2.05) is 0 Å². The minimum absolute atomic E-state index is 0.0426. The Labute approximate surface area is 115 Å². The van der Waals surface area contributed by atoms with Gasteiger partial charge in [-0.05, 0) is 12.8 Å². The fourth-order valence-electron chi connectivity index (χ4n) is 2.14. The van der Waals surface area contributed by atoms with Crippen molar-refractivity contribution >= 4 is 22.4 Å². The number of carboxylic acid groups (broad SMARTS) is 1. The topological polar surface area (TPSA) is 80.7 Å². The van der Waals surface area contributed by atoms with Gasteiger partial charge in [-0.3, -0.25) is 4.79 Å². The van der Waals surface area contributed by atoms with Gasteiger partial charge in [0.25, 0.3) is 0 Å². The molecule has 1 aliphatic carbocycles. The quantitative estimate of drug-likeness (QED) is 0.787. The van der Waals surface area contributed by atoms with E-state index in [0.717, 1.165) is 22.1 Å². The van der Waals surface area contributed by atoms with Crippen molar-refractivity contribution < 1.29 is 19.4 Å². The number of thiazole rings is 1. The largest absolute Gasteiger partial charge is 0.481 e. The number of hydrogen-bond acceptors (Lipinski definition) is 6. The number of fused-ring (bicyclic) bond motifs is 1. The molecule has 1 heterocycles. The molecule has 0 radical (unpaired) electrons. The van der Waals surface area contributed by atoms with E-state index in [0.29, 0.717) is 19.6 Å². The van der Waals surface area contributed by atoms with E-state index in [4.69, 9.17) is 14.6 Å². The lowest BCUT2D eigenvalue weighted by molar-refractivity contribution is -0.138. The van der Waals surface area contributed by atoms with Crippen molar-refractivity contribution in [2.75, 3.05) is 32.7 Å². The monoisotopic (exact) mass is 286 g/mol. The van der Waals surface area contributed by atoms with E-state index in [2.05, 4.69) is 10.3 Å². The van der Waals surface area contributed by atoms with Crippen LogP contribution in [-0.2, 0) is 20.7 Å². The number of aliphatic carboxylic acids is 1. The molecule has 1 aromatic heterocycles. The number of aromatic nitrogens is 1. The molecule has 0 fully saturated rings. The van der Waals surface area contributed by atoms with Crippen LogP contribution in [-0.4, -0.2) is 49.5 Å². The smallest absolute Gasteiger partial charge is 0.312 e. The predicted molar refractivity (Wildman–Crippen MR) is 72.0 cm³/mol. The highest BCUT2D eigenvalue weighted by Gasteiger charge is 2.32. The Kier molecular flexibility index (Phi) is 4.73. The summed E-state index contributed by atoms with van der Waals surface area (Å²) in [5.74, 6) is -1.23. The standard InChI is InChI=1S/C12H18N2O4S/c1-17-6-7(18-2)5-13-12-14-10-8(11(15)16)3-4-9(10)19-12/h7-8H,3-6H2,1-2H3,(H,13,14)(H,15,16). The average Bonchev–Trinajstić information content (AvgIpc) is 2.93. The molecule has 2 rings (SSSR count). The molecule has 0 saturated heterocycles. The normalized spacial score (nSPS) is 19.2. The maximum absolute atomic E-state index is 11.1. The molecule has 1 aliphatic rings. The molecular weight excluding hydrogens is 268 g/mol. The van der Waals surface area contributed by atoms with Crippen LogP contribution in [0.3, 0.4) is 0 Å². The van der Waals surface area contributed by atoms with Gasteiger partial charge in [-0.1, -0.05) is 0 Å². The maximum atomic E-state index is 11.1. The first-order chi connectivity index (χ1) is 9.15. The highest BCUT2D eigenvalue weighted by atomic mass is 32.1. The van der Waals surface area contributed by atoms with Crippen LogP contribution >= 0.6 is 11.3 Å². The second-order valence-electron chi connectivity index (χ2n) is 4.45. The summed E-state index contributed by atoms with van der Waals surface area (Å²) in [5, 5.41) is 13.0. The minimum Gasteiger partial charge on any atom is -0.481 e. The van der Waals surface area contributed by atoms with Gasteiger partial charge in [0, 0.05) is 25.6 Å². The second kappa shape index (κ2) is 6.31. The lowest BCUT2D eigenvalue weighted by atomic mass is 10.1. The van der Waals surface area contributed by atoms with Crippen molar-refractivity contribution in [2.24, 2.45) is 0 Å². The van der Waals surface area contributed by atoms with Crippen molar-refractivity contribution in [3.05, 3.63) is 10.6 Å². The molecule has 1 aromatic rings. The molecule has 2 N–H and O–H groups in total. The summed E-state index contributed by atoms with van der Waals surface area (Å²) in [4.78, 5) is 16.5. The number of rotatable bonds is 7. The fourth-order valence-corrected chi connectivity index (χ4v) is 3.19. The molecule has 0 aromatic carbocycles. The van der Waals surface area contributed by atoms with Crippen LogP contribution in [0.4, 0.5) is 5.13 Å². The number of anilines is 1. The molecule has 0 amide bonds. The van der Waals surface area contributed by atoms with Crippen molar-refractivity contribution in [1.82, 2.24) is 4.98 Å². The third kappa shape index (κ3) is 3.23. The van der Waals surface area contributed by atoms with Gasteiger partial charge in [-0.15, -0.1) is 11.3 Å². The number of hydrogen-bond donors (Lipinski definition) is 2. The summed E-state index contributed by atoms with van der Waals surface area (Å²) in [6.45, 7) is 1.10. The van der Waals surface area contributed by atoms with Gasteiger partial charge in [0.05, 0.1) is 18.4 Å². The third-order valence-electron chi connectivity index (χ3n) is 3.18. The van der Waals surface area contributed by atoms with Gasteiger partial charge in [-0.25, -0.2) is 4.98 Å². The molecular formula is C12H18N2O4S. The number of aryl methyl sites for hydroxylation is 1. The van der Waals surface area contributed by atoms with Crippen LogP contribution in [0.5, 0.6) is 0 Å². The number of methoxy groups -OCH3 is 2. The number of nitrogens with zero attached hydrogens (tertiary/aromatic N) is 1. The van der Waals surface area contributed by atoms with Crippen molar-refractivity contribution in [2.45, 2.75) is 24.9 Å². The van der Waals surface area contributed by atoms with Crippen molar-refractivity contribution in [1.29, 1.82) is 0 Å². The van der Waals surface area contributed by atoms with Crippen molar-refractivity contribution in [3.8, 4) is 0 Å². The van der Waals surface area contributed by atoms with Gasteiger partial charge < -0.3 is 19.9 Å². The summed E-state index contributed by atoms with van der Waals surface area (Å²) in [6.07, 6.45) is 1.42. The first-order valence-electron chi connectivity index (χ1n) is 6.13. The summed E-state index contributed by atoms with van der Waals surface area (Å²) in [7, 11) is 3.26. The molecule has 0 aliphatic heterocycles. The van der Waals surface area contributed by atoms with Crippen molar-refractivity contribution in [3.63, 3.8) is 0 Å². The Morgan fingerprint density at radius 1 is 1.63 bits per heavy atom. The van der Waals surface area contributed by atoms with Crippen LogP contribution in [0.15, 0.2) is 0 Å². The van der Waals surface area contributed by atoms with E-state index in [1.165, 1.54) is 11.3 Å². The third-order valence-corrected chi connectivity index (χ3v) is 4.27. The van der Waals surface area contributed by atoms with Crippen LogP contribution in [0, 0.1) is 0 Å². The molecule has 2 unspecified atom stereocenters. The Balaban J connectivity index is 1.96. The zero-order valence-corrected chi connectivity index (χ0v) is 11.8. The molecule has 2 atom stereocenters. The first kappa shape index (κ1) is 14.2. The lowest BCUT2D eigenvalue weighted by Crippen LogP contribution is -2.26. The molecule has 0 spiro atoms. The highest BCUT2D eigenvalue weighted by Crippen LogP contribution is 2.38. The SMILES string of the molecule is COCC(CNc1nc2c(s1)CCC2C(=O)O)OC. The molecule has 7 heteroatoms. The summed E-state index contributed by atoms with van der Waals surface area (Å²) >= 11 is 1.53.